The van der Waals surface area contributed by atoms with E-state index in [0.717, 1.165) is 16.7 Å². The van der Waals surface area contributed by atoms with E-state index in [1.165, 1.54) is 13.2 Å². The largest absolute Gasteiger partial charge is 0.508 e. The first-order valence-electron chi connectivity index (χ1n) is 13.2. The molecule has 10 heteroatoms. The summed E-state index contributed by atoms with van der Waals surface area (Å²) in [4.78, 5) is 31.0. The number of phenolic OH excluding ortho intramolecular Hbond substituents is 1. The molecule has 1 unspecified atom stereocenters. The lowest BCUT2D eigenvalue weighted by molar-refractivity contribution is 0.00947. The van der Waals surface area contributed by atoms with Crippen molar-refractivity contribution in [2.75, 3.05) is 26.9 Å². The Hall–Kier alpha value is -4.28. The van der Waals surface area contributed by atoms with E-state index in [-0.39, 0.29) is 23.6 Å². The molecule has 1 amide bonds. The SMILES string of the molecule is COC[C@H](Cc1ccc(O)cc1)NC(=O)c1cc(C(=O)OCC(O)CO)c2cc(/C=C/c3ccc(Cl)cc3)ccc2n1. The van der Waals surface area contributed by atoms with Gasteiger partial charge in [-0.3, -0.25) is 4.79 Å². The standard InChI is InChI=1S/C32H31ClN2O7/c1-41-18-24(14-21-6-11-25(37)12-7-21)34-31(39)30-16-28(32(40)42-19-26(38)17-36)27-15-22(8-13-29(27)35-30)3-2-20-4-9-23(33)10-5-20/h2-13,15-16,24,26,36-38H,14,17-19H2,1H3,(H,34,39)/b3-2+/t24-,26?/m0/s1. The number of pyridine rings is 1. The zero-order chi connectivity index (χ0) is 30.1. The van der Waals surface area contributed by atoms with E-state index in [4.69, 9.17) is 26.2 Å². The molecule has 9 nitrogen and oxygen atoms in total. The fourth-order valence-electron chi connectivity index (χ4n) is 4.23. The summed E-state index contributed by atoms with van der Waals surface area (Å²) in [5.41, 5.74) is 3.05. The van der Waals surface area contributed by atoms with Gasteiger partial charge in [-0.1, -0.05) is 54.1 Å². The summed E-state index contributed by atoms with van der Waals surface area (Å²) >= 11 is 5.97. The van der Waals surface area contributed by atoms with Gasteiger partial charge in [0.25, 0.3) is 5.91 Å². The highest BCUT2D eigenvalue weighted by atomic mass is 35.5. The van der Waals surface area contributed by atoms with Crippen LogP contribution in [-0.2, 0) is 15.9 Å². The van der Waals surface area contributed by atoms with Gasteiger partial charge in [-0.05, 0) is 65.6 Å². The number of hydrogen-bond acceptors (Lipinski definition) is 8. The Balaban J connectivity index is 1.65. The van der Waals surface area contributed by atoms with Gasteiger partial charge in [0.2, 0.25) is 0 Å². The number of benzene rings is 3. The van der Waals surface area contributed by atoms with Crippen LogP contribution in [0.15, 0.2) is 72.8 Å². The van der Waals surface area contributed by atoms with E-state index in [1.807, 2.05) is 30.4 Å². The van der Waals surface area contributed by atoms with Crippen molar-refractivity contribution in [2.24, 2.45) is 0 Å². The lowest BCUT2D eigenvalue weighted by atomic mass is 10.0. The number of carbonyl (C=O) groups is 2. The lowest BCUT2D eigenvalue weighted by Crippen LogP contribution is -2.40. The van der Waals surface area contributed by atoms with Gasteiger partial charge >= 0.3 is 5.97 Å². The van der Waals surface area contributed by atoms with E-state index in [2.05, 4.69) is 10.3 Å². The van der Waals surface area contributed by atoms with Crippen molar-refractivity contribution >= 4 is 46.5 Å². The van der Waals surface area contributed by atoms with Gasteiger partial charge in [0.1, 0.15) is 24.2 Å². The fourth-order valence-corrected chi connectivity index (χ4v) is 4.36. The number of rotatable bonds is 12. The van der Waals surface area contributed by atoms with Gasteiger partial charge < -0.3 is 30.1 Å². The monoisotopic (exact) mass is 590 g/mol. The molecule has 1 aromatic heterocycles. The maximum Gasteiger partial charge on any atom is 0.338 e. The molecule has 1 heterocycles. The number of aromatic nitrogens is 1. The number of nitrogens with one attached hydrogen (secondary N) is 1. The molecule has 0 aliphatic heterocycles. The Labute approximate surface area is 248 Å². The molecule has 0 bridgehead atoms. The molecule has 0 radical (unpaired) electrons. The smallest absolute Gasteiger partial charge is 0.338 e. The van der Waals surface area contributed by atoms with Gasteiger partial charge in [-0.15, -0.1) is 0 Å². The van der Waals surface area contributed by atoms with E-state index < -0.39 is 37.2 Å². The van der Waals surface area contributed by atoms with Gasteiger partial charge in [-0.25, -0.2) is 9.78 Å². The van der Waals surface area contributed by atoms with Crippen LogP contribution in [0.1, 0.15) is 37.5 Å². The van der Waals surface area contributed by atoms with Crippen molar-refractivity contribution in [1.29, 1.82) is 0 Å². The molecule has 0 aliphatic carbocycles. The van der Waals surface area contributed by atoms with Crippen LogP contribution < -0.4 is 5.32 Å². The summed E-state index contributed by atoms with van der Waals surface area (Å²) < 4.78 is 10.5. The maximum atomic E-state index is 13.3. The molecule has 42 heavy (non-hydrogen) atoms. The molecule has 218 valence electrons. The van der Waals surface area contributed by atoms with Crippen LogP contribution >= 0.6 is 11.6 Å². The quantitative estimate of drug-likeness (QED) is 0.142. The predicted octanol–water partition coefficient (Wildman–Crippen LogP) is 4.26. The van der Waals surface area contributed by atoms with Crippen molar-refractivity contribution in [1.82, 2.24) is 10.3 Å². The molecule has 0 saturated carbocycles. The number of esters is 1. The third-order valence-electron chi connectivity index (χ3n) is 6.36. The molecule has 0 fully saturated rings. The highest BCUT2D eigenvalue weighted by Gasteiger charge is 2.21. The fraction of sp³-hybridized carbons (Fsp3) is 0.219. The van der Waals surface area contributed by atoms with Gasteiger partial charge in [0.05, 0.1) is 30.3 Å². The van der Waals surface area contributed by atoms with Gasteiger partial charge in [0.15, 0.2) is 0 Å². The second-order valence-corrected chi connectivity index (χ2v) is 10.1. The number of hydrogen-bond donors (Lipinski definition) is 4. The molecule has 3 aromatic carbocycles. The molecule has 2 atom stereocenters. The Morgan fingerprint density at radius 1 is 0.976 bits per heavy atom. The molecule has 0 spiro atoms. The number of phenols is 1. The summed E-state index contributed by atoms with van der Waals surface area (Å²) in [7, 11) is 1.53. The van der Waals surface area contributed by atoms with Gasteiger partial charge in [0, 0.05) is 17.5 Å². The molecule has 0 saturated heterocycles. The third kappa shape index (κ3) is 8.37. The van der Waals surface area contributed by atoms with Crippen LogP contribution in [0.2, 0.25) is 5.02 Å². The first-order chi connectivity index (χ1) is 20.2. The van der Waals surface area contributed by atoms with Crippen LogP contribution in [0.4, 0.5) is 0 Å². The maximum absolute atomic E-state index is 13.3. The van der Waals surface area contributed by atoms with Crippen molar-refractivity contribution < 1.29 is 34.4 Å². The predicted molar refractivity (Wildman–Crippen MR) is 160 cm³/mol. The highest BCUT2D eigenvalue weighted by molar-refractivity contribution is 6.30. The minimum atomic E-state index is -1.24. The average Bonchev–Trinajstić information content (AvgIpc) is 3.00. The first-order valence-corrected chi connectivity index (χ1v) is 13.6. The number of amides is 1. The number of aromatic hydroxyl groups is 1. The Bertz CT molecular complexity index is 1560. The summed E-state index contributed by atoms with van der Waals surface area (Å²) in [5.74, 6) is -1.16. The van der Waals surface area contributed by atoms with Crippen LogP contribution in [0.5, 0.6) is 5.75 Å². The summed E-state index contributed by atoms with van der Waals surface area (Å²) in [6.45, 7) is -0.767. The Morgan fingerprint density at radius 2 is 1.67 bits per heavy atom. The van der Waals surface area contributed by atoms with Gasteiger partial charge in [-0.2, -0.15) is 0 Å². The highest BCUT2D eigenvalue weighted by Crippen LogP contribution is 2.23. The molecule has 4 N–H and O–H groups in total. The number of aliphatic hydroxyl groups excluding tert-OH is 2. The zero-order valence-electron chi connectivity index (χ0n) is 22.9. The van der Waals surface area contributed by atoms with Crippen molar-refractivity contribution in [2.45, 2.75) is 18.6 Å². The number of carbonyl (C=O) groups excluding carboxylic acids is 2. The second-order valence-electron chi connectivity index (χ2n) is 9.65. The third-order valence-corrected chi connectivity index (χ3v) is 6.61. The summed E-state index contributed by atoms with van der Waals surface area (Å²) in [6.07, 6.45) is 2.96. The van der Waals surface area contributed by atoms with E-state index in [1.54, 1.807) is 48.5 Å². The molecular formula is C32H31ClN2O7. The molecular weight excluding hydrogens is 560 g/mol. The lowest BCUT2D eigenvalue weighted by Gasteiger charge is -2.18. The molecule has 0 aliphatic rings. The van der Waals surface area contributed by atoms with Crippen LogP contribution in [0, 0.1) is 0 Å². The van der Waals surface area contributed by atoms with E-state index in [9.17, 15) is 19.8 Å². The number of nitrogens with zero attached hydrogens (tertiary/aromatic N) is 1. The number of fused-ring (bicyclic) bond motifs is 1. The first kappa shape index (κ1) is 30.7. The molecule has 4 aromatic rings. The Kier molecular flexibility index (Phi) is 10.6. The van der Waals surface area contributed by atoms with Crippen molar-refractivity contribution in [3.05, 3.63) is 106 Å². The van der Waals surface area contributed by atoms with E-state index >= 15 is 0 Å². The summed E-state index contributed by atoms with van der Waals surface area (Å²) in [5, 5.41) is 32.4. The minimum absolute atomic E-state index is 0.00609. The second kappa shape index (κ2) is 14.6. The number of halogens is 1. The number of ether oxygens (including phenoxy) is 2. The van der Waals surface area contributed by atoms with E-state index in [0.29, 0.717) is 22.3 Å². The van der Waals surface area contributed by atoms with Crippen LogP contribution in [-0.4, -0.2) is 71.3 Å². The van der Waals surface area contributed by atoms with Crippen molar-refractivity contribution in [3.63, 3.8) is 0 Å². The van der Waals surface area contributed by atoms with Crippen molar-refractivity contribution in [3.8, 4) is 5.75 Å². The van der Waals surface area contributed by atoms with Crippen LogP contribution in [0.25, 0.3) is 23.1 Å². The number of aliphatic hydroxyl groups is 2. The minimum Gasteiger partial charge on any atom is -0.508 e. The topological polar surface area (TPSA) is 138 Å². The summed E-state index contributed by atoms with van der Waals surface area (Å²) in [6, 6.07) is 20.2. The number of methoxy groups -OCH3 is 1. The average molecular weight is 591 g/mol. The van der Waals surface area contributed by atoms with Crippen LogP contribution in [0.3, 0.4) is 0 Å². The molecule has 4 rings (SSSR count). The zero-order valence-corrected chi connectivity index (χ0v) is 23.6. The Morgan fingerprint density at radius 3 is 2.36 bits per heavy atom. The normalized spacial score (nSPS) is 12.8.